The number of fused-ring (bicyclic) bond motifs is 1. The second-order valence-corrected chi connectivity index (χ2v) is 8.62. The van der Waals surface area contributed by atoms with E-state index in [1.54, 1.807) is 36.4 Å². The van der Waals surface area contributed by atoms with E-state index >= 15 is 0 Å². The summed E-state index contributed by atoms with van der Waals surface area (Å²) in [5, 5.41) is 18.3. The van der Waals surface area contributed by atoms with Crippen molar-refractivity contribution >= 4 is 33.5 Å². The van der Waals surface area contributed by atoms with Gasteiger partial charge >= 0.3 is 5.97 Å². The Balaban J connectivity index is 1.49. The van der Waals surface area contributed by atoms with Crippen LogP contribution >= 0.6 is 15.9 Å². The molecule has 0 fully saturated rings. The highest BCUT2D eigenvalue weighted by molar-refractivity contribution is 9.10. The number of aromatic nitrogens is 3. The molecule has 0 bridgehead atoms. The largest absolute Gasteiger partial charge is 0.493 e. The molecule has 2 aromatic carbocycles. The van der Waals surface area contributed by atoms with Gasteiger partial charge in [-0.1, -0.05) is 34.5 Å². The fraction of sp³-hybridized carbons (Fsp3) is 0.280. The first-order valence-electron chi connectivity index (χ1n) is 10.9. The lowest BCUT2D eigenvalue weighted by atomic mass is 10.1. The maximum atomic E-state index is 12.3. The molecule has 0 radical (unpaired) electrons. The molecule has 8 nitrogen and oxygen atoms in total. The molecule has 0 atom stereocenters. The van der Waals surface area contributed by atoms with E-state index in [0.29, 0.717) is 28.5 Å². The van der Waals surface area contributed by atoms with Crippen LogP contribution in [0.4, 0.5) is 0 Å². The summed E-state index contributed by atoms with van der Waals surface area (Å²) in [5.41, 5.74) is 1.12. The van der Waals surface area contributed by atoms with E-state index < -0.39 is 5.97 Å². The summed E-state index contributed by atoms with van der Waals surface area (Å²) in [7, 11) is 1.49. The number of ether oxygens (including phenoxy) is 3. The number of rotatable bonds is 7. The first-order chi connectivity index (χ1) is 16.6. The third kappa shape index (κ3) is 5.64. The van der Waals surface area contributed by atoms with Crippen molar-refractivity contribution in [3.8, 4) is 23.3 Å². The Kier molecular flexibility index (Phi) is 7.60. The van der Waals surface area contributed by atoms with E-state index in [9.17, 15) is 10.1 Å². The van der Waals surface area contributed by atoms with Gasteiger partial charge in [0.2, 0.25) is 0 Å². The second-order valence-electron chi connectivity index (χ2n) is 7.70. The molecule has 34 heavy (non-hydrogen) atoms. The first-order valence-corrected chi connectivity index (χ1v) is 11.7. The van der Waals surface area contributed by atoms with E-state index in [-0.39, 0.29) is 12.4 Å². The molecule has 2 heterocycles. The molecule has 0 spiro atoms. The quantitative estimate of drug-likeness (QED) is 0.249. The van der Waals surface area contributed by atoms with Gasteiger partial charge in [-0.25, -0.2) is 4.79 Å². The Morgan fingerprint density at radius 2 is 2.06 bits per heavy atom. The van der Waals surface area contributed by atoms with Crippen LogP contribution in [0.3, 0.4) is 0 Å². The number of esters is 1. The third-order valence-corrected chi connectivity index (χ3v) is 5.84. The SMILES string of the molecule is COc1cc(/C=C(/C#N)c2nnc3n2CCCCC3)ccc1OC(=O)COc1cccc(Br)c1. The van der Waals surface area contributed by atoms with Gasteiger partial charge in [0.05, 0.1) is 12.7 Å². The minimum absolute atomic E-state index is 0.252. The first kappa shape index (κ1) is 23.5. The predicted molar refractivity (Wildman–Crippen MR) is 129 cm³/mol. The van der Waals surface area contributed by atoms with Crippen LogP contribution < -0.4 is 14.2 Å². The van der Waals surface area contributed by atoms with Crippen LogP contribution in [0.2, 0.25) is 0 Å². The highest BCUT2D eigenvalue weighted by atomic mass is 79.9. The van der Waals surface area contributed by atoms with Crippen LogP contribution in [0.5, 0.6) is 17.2 Å². The monoisotopic (exact) mass is 522 g/mol. The zero-order valence-electron chi connectivity index (χ0n) is 18.7. The van der Waals surface area contributed by atoms with Crippen molar-refractivity contribution < 1.29 is 19.0 Å². The van der Waals surface area contributed by atoms with Crippen LogP contribution in [0, 0.1) is 11.3 Å². The van der Waals surface area contributed by atoms with E-state index in [2.05, 4.69) is 32.2 Å². The van der Waals surface area contributed by atoms with Crippen molar-refractivity contribution in [2.24, 2.45) is 0 Å². The minimum Gasteiger partial charge on any atom is -0.493 e. The number of benzene rings is 2. The molecule has 1 aliphatic rings. The number of nitrogens with zero attached hydrogens (tertiary/aromatic N) is 4. The van der Waals surface area contributed by atoms with Crippen molar-refractivity contribution in [2.45, 2.75) is 32.2 Å². The van der Waals surface area contributed by atoms with Crippen molar-refractivity contribution in [1.82, 2.24) is 14.8 Å². The molecule has 1 aromatic heterocycles. The predicted octanol–water partition coefficient (Wildman–Crippen LogP) is 4.82. The molecule has 0 aliphatic carbocycles. The van der Waals surface area contributed by atoms with Gasteiger partial charge in [0.1, 0.15) is 17.6 Å². The maximum absolute atomic E-state index is 12.3. The minimum atomic E-state index is -0.564. The molecule has 0 unspecified atom stereocenters. The van der Waals surface area contributed by atoms with Gasteiger partial charge in [0.15, 0.2) is 23.9 Å². The fourth-order valence-corrected chi connectivity index (χ4v) is 4.09. The van der Waals surface area contributed by atoms with Gasteiger partial charge in [0, 0.05) is 17.4 Å². The molecule has 174 valence electrons. The molecule has 0 amide bonds. The lowest BCUT2D eigenvalue weighted by molar-refractivity contribution is -0.136. The lowest BCUT2D eigenvalue weighted by Gasteiger charge is -2.11. The number of allylic oxidation sites excluding steroid dienone is 1. The Labute approximate surface area is 205 Å². The zero-order valence-corrected chi connectivity index (χ0v) is 20.2. The molecule has 1 aliphatic heterocycles. The Morgan fingerprint density at radius 3 is 2.85 bits per heavy atom. The summed E-state index contributed by atoms with van der Waals surface area (Å²) in [6.07, 6.45) is 5.85. The van der Waals surface area contributed by atoms with Gasteiger partial charge in [0.25, 0.3) is 0 Å². The number of carbonyl (C=O) groups excluding carboxylic acids is 1. The highest BCUT2D eigenvalue weighted by Crippen LogP contribution is 2.30. The van der Waals surface area contributed by atoms with E-state index in [1.165, 1.54) is 7.11 Å². The van der Waals surface area contributed by atoms with Gasteiger partial charge < -0.3 is 18.8 Å². The number of hydrogen-bond donors (Lipinski definition) is 0. The van der Waals surface area contributed by atoms with Crippen molar-refractivity contribution in [3.63, 3.8) is 0 Å². The Bertz CT molecular complexity index is 1260. The van der Waals surface area contributed by atoms with Gasteiger partial charge in [-0.2, -0.15) is 5.26 Å². The lowest BCUT2D eigenvalue weighted by Crippen LogP contribution is -2.18. The molecular formula is C25H23BrN4O4. The zero-order chi connectivity index (χ0) is 23.9. The number of carbonyl (C=O) groups is 1. The molecular weight excluding hydrogens is 500 g/mol. The number of methoxy groups -OCH3 is 1. The standard InChI is InChI=1S/C25H23BrN4O4/c1-32-22-13-17(12-18(15-27)25-29-28-23-8-3-2-4-11-30(23)25)9-10-21(22)34-24(31)16-33-20-7-5-6-19(26)14-20/h5-7,9-10,12-14H,2-4,8,11,16H2,1H3/b18-12-. The fourth-order valence-electron chi connectivity index (χ4n) is 3.71. The van der Waals surface area contributed by atoms with Crippen molar-refractivity contribution in [3.05, 3.63) is 64.1 Å². The summed E-state index contributed by atoms with van der Waals surface area (Å²) < 4.78 is 19.2. The molecule has 4 rings (SSSR count). The summed E-state index contributed by atoms with van der Waals surface area (Å²) >= 11 is 3.36. The van der Waals surface area contributed by atoms with Gasteiger partial charge in [-0.05, 0) is 54.8 Å². The average Bonchev–Trinajstić information content (AvgIpc) is 3.09. The maximum Gasteiger partial charge on any atom is 0.349 e. The number of aryl methyl sites for hydroxylation is 1. The normalized spacial score (nSPS) is 13.4. The molecule has 0 N–H and O–H groups in total. The number of halogens is 1. The van der Waals surface area contributed by atoms with E-state index in [0.717, 1.165) is 42.5 Å². The van der Waals surface area contributed by atoms with Crippen LogP contribution in [-0.4, -0.2) is 34.5 Å². The Hall–Kier alpha value is -3.64. The number of nitriles is 1. The molecule has 0 saturated heterocycles. The van der Waals surface area contributed by atoms with Crippen LogP contribution in [0.1, 0.15) is 36.5 Å². The van der Waals surface area contributed by atoms with E-state index in [4.69, 9.17) is 14.2 Å². The summed E-state index contributed by atoms with van der Waals surface area (Å²) in [6, 6.07) is 14.5. The third-order valence-electron chi connectivity index (χ3n) is 5.35. The molecule has 3 aromatic rings. The summed E-state index contributed by atoms with van der Waals surface area (Å²) in [5.74, 6) is 2.09. The summed E-state index contributed by atoms with van der Waals surface area (Å²) in [6.45, 7) is 0.550. The van der Waals surface area contributed by atoms with Crippen LogP contribution in [0.15, 0.2) is 46.9 Å². The topological polar surface area (TPSA) is 99.3 Å². The summed E-state index contributed by atoms with van der Waals surface area (Å²) in [4.78, 5) is 12.3. The molecule has 9 heteroatoms. The van der Waals surface area contributed by atoms with Gasteiger partial charge in [-0.3, -0.25) is 0 Å². The van der Waals surface area contributed by atoms with Gasteiger partial charge in [-0.15, -0.1) is 10.2 Å². The van der Waals surface area contributed by atoms with Crippen molar-refractivity contribution in [2.75, 3.05) is 13.7 Å². The van der Waals surface area contributed by atoms with Crippen LogP contribution in [0.25, 0.3) is 11.6 Å². The number of hydrogen-bond acceptors (Lipinski definition) is 7. The van der Waals surface area contributed by atoms with E-state index in [1.807, 2.05) is 16.7 Å². The van der Waals surface area contributed by atoms with Crippen LogP contribution in [-0.2, 0) is 17.8 Å². The highest BCUT2D eigenvalue weighted by Gasteiger charge is 2.18. The Morgan fingerprint density at radius 1 is 1.18 bits per heavy atom. The smallest absolute Gasteiger partial charge is 0.349 e. The molecule has 0 saturated carbocycles. The van der Waals surface area contributed by atoms with Crippen molar-refractivity contribution in [1.29, 1.82) is 5.26 Å². The second kappa shape index (κ2) is 11.0. The average molecular weight is 523 g/mol.